The molecule has 0 aromatic carbocycles. The Balaban J connectivity index is 2.36. The number of hydrogen-bond acceptors (Lipinski definition) is 1. The lowest BCUT2D eigenvalue weighted by Gasteiger charge is -2.13. The topological polar surface area (TPSA) is 9.23 Å². The summed E-state index contributed by atoms with van der Waals surface area (Å²) < 4.78 is 7.09. The molecule has 0 aliphatic carbocycles. The number of rotatable bonds is 4. The molecular formula is C11H19IO. The summed E-state index contributed by atoms with van der Waals surface area (Å²) in [7, 11) is 0. The lowest BCUT2D eigenvalue weighted by Crippen LogP contribution is -2.12. The number of unbranched alkanes of at least 4 members (excludes halogenated alkanes) is 2. The van der Waals surface area contributed by atoms with Crippen molar-refractivity contribution in [3.8, 4) is 0 Å². The molecular weight excluding hydrogens is 275 g/mol. The second kappa shape index (κ2) is 6.02. The molecule has 2 heteroatoms. The van der Waals surface area contributed by atoms with Crippen LogP contribution in [0.5, 0.6) is 0 Å². The van der Waals surface area contributed by atoms with E-state index >= 15 is 0 Å². The van der Waals surface area contributed by atoms with Crippen molar-refractivity contribution < 1.29 is 4.74 Å². The number of halogens is 1. The van der Waals surface area contributed by atoms with Crippen LogP contribution in [0.1, 0.15) is 39.5 Å². The van der Waals surface area contributed by atoms with Gasteiger partial charge in [-0.3, -0.25) is 0 Å². The number of ether oxygens (including phenoxy) is 1. The summed E-state index contributed by atoms with van der Waals surface area (Å²) in [6.45, 7) is 5.46. The molecule has 1 heterocycles. The molecule has 76 valence electrons. The van der Waals surface area contributed by atoms with Crippen molar-refractivity contribution in [3.63, 3.8) is 0 Å². The Morgan fingerprint density at radius 2 is 2.38 bits per heavy atom. The molecule has 0 N–H and O–H groups in total. The maximum Gasteiger partial charge on any atom is 0.0904 e. The van der Waals surface area contributed by atoms with Gasteiger partial charge in [0.05, 0.1) is 6.10 Å². The first-order valence-corrected chi connectivity index (χ1v) is 6.30. The van der Waals surface area contributed by atoms with Gasteiger partial charge >= 0.3 is 0 Å². The third kappa shape index (κ3) is 3.58. The molecule has 0 bridgehead atoms. The zero-order chi connectivity index (χ0) is 9.68. The summed E-state index contributed by atoms with van der Waals surface area (Å²) >= 11 is 2.43. The summed E-state index contributed by atoms with van der Waals surface area (Å²) in [4.78, 5) is 0. The Hall–Kier alpha value is 0.430. The number of allylic oxidation sites excluding steroid dienone is 1. The quantitative estimate of drug-likeness (QED) is 0.564. The van der Waals surface area contributed by atoms with Gasteiger partial charge in [0.1, 0.15) is 0 Å². The van der Waals surface area contributed by atoms with Crippen LogP contribution in [0.25, 0.3) is 0 Å². The Morgan fingerprint density at radius 3 is 2.92 bits per heavy atom. The van der Waals surface area contributed by atoms with E-state index in [-0.39, 0.29) is 0 Å². The smallest absolute Gasteiger partial charge is 0.0904 e. The lowest BCUT2D eigenvalue weighted by molar-refractivity contribution is 0.129. The molecule has 0 aromatic heterocycles. The van der Waals surface area contributed by atoms with Gasteiger partial charge in [0, 0.05) is 10.2 Å². The third-order valence-electron chi connectivity index (χ3n) is 2.56. The minimum Gasteiger partial charge on any atom is -0.373 e. The van der Waals surface area contributed by atoms with E-state index in [1.54, 1.807) is 0 Å². The van der Waals surface area contributed by atoms with E-state index in [0.29, 0.717) is 12.0 Å². The normalized spacial score (nSPS) is 29.6. The molecule has 1 rings (SSSR count). The van der Waals surface area contributed by atoms with Gasteiger partial charge in [-0.25, -0.2) is 0 Å². The summed E-state index contributed by atoms with van der Waals surface area (Å²) in [6, 6.07) is 0. The van der Waals surface area contributed by atoms with E-state index in [9.17, 15) is 0 Å². The van der Waals surface area contributed by atoms with E-state index in [1.807, 2.05) is 0 Å². The maximum absolute atomic E-state index is 5.68. The van der Waals surface area contributed by atoms with E-state index < -0.39 is 0 Å². The van der Waals surface area contributed by atoms with E-state index in [2.05, 4.69) is 42.5 Å². The highest BCUT2D eigenvalue weighted by atomic mass is 127. The van der Waals surface area contributed by atoms with Crippen LogP contribution in [-0.4, -0.2) is 12.7 Å². The maximum atomic E-state index is 5.68. The van der Waals surface area contributed by atoms with Crippen molar-refractivity contribution in [1.29, 1.82) is 0 Å². The van der Waals surface area contributed by atoms with Crippen LogP contribution in [0.3, 0.4) is 0 Å². The zero-order valence-corrected chi connectivity index (χ0v) is 10.7. The molecule has 1 saturated heterocycles. The van der Waals surface area contributed by atoms with Crippen molar-refractivity contribution >= 4 is 22.6 Å². The highest BCUT2D eigenvalue weighted by molar-refractivity contribution is 14.1. The van der Waals surface area contributed by atoms with Crippen LogP contribution >= 0.6 is 22.6 Å². The fraction of sp³-hybridized carbons (Fsp3) is 0.818. The van der Waals surface area contributed by atoms with Crippen LogP contribution in [0.4, 0.5) is 0 Å². The summed E-state index contributed by atoms with van der Waals surface area (Å²) in [5.41, 5.74) is 0. The Labute approximate surface area is 95.1 Å². The van der Waals surface area contributed by atoms with Crippen LogP contribution in [-0.2, 0) is 4.74 Å². The van der Waals surface area contributed by atoms with Gasteiger partial charge in [0.2, 0.25) is 0 Å². The SMILES string of the molecule is CCCC/C=C(\I)[C@@H]1OCC[C@H]1C. The first kappa shape index (κ1) is 11.5. The molecule has 0 spiro atoms. The molecule has 0 saturated carbocycles. The van der Waals surface area contributed by atoms with Crippen molar-refractivity contribution in [2.75, 3.05) is 6.61 Å². The molecule has 0 aromatic rings. The average Bonchev–Trinajstić information content (AvgIpc) is 2.52. The Morgan fingerprint density at radius 1 is 1.62 bits per heavy atom. The lowest BCUT2D eigenvalue weighted by atomic mass is 10.0. The van der Waals surface area contributed by atoms with Gasteiger partial charge in [-0.1, -0.05) is 32.8 Å². The van der Waals surface area contributed by atoms with Gasteiger partial charge in [-0.2, -0.15) is 0 Å². The van der Waals surface area contributed by atoms with Crippen molar-refractivity contribution in [2.24, 2.45) is 5.92 Å². The van der Waals surface area contributed by atoms with Crippen LogP contribution in [0, 0.1) is 5.92 Å². The molecule has 1 aliphatic rings. The molecule has 13 heavy (non-hydrogen) atoms. The first-order chi connectivity index (χ1) is 6.25. The summed E-state index contributed by atoms with van der Waals surface area (Å²) in [5.74, 6) is 0.713. The highest BCUT2D eigenvalue weighted by Gasteiger charge is 2.25. The second-order valence-corrected chi connectivity index (χ2v) is 5.03. The summed E-state index contributed by atoms with van der Waals surface area (Å²) in [6.07, 6.45) is 7.75. The second-order valence-electron chi connectivity index (χ2n) is 3.79. The molecule has 1 fully saturated rings. The van der Waals surface area contributed by atoms with Gasteiger partial charge in [0.25, 0.3) is 0 Å². The number of hydrogen-bond donors (Lipinski definition) is 0. The van der Waals surface area contributed by atoms with Crippen molar-refractivity contribution in [1.82, 2.24) is 0 Å². The summed E-state index contributed by atoms with van der Waals surface area (Å²) in [5, 5.41) is 0. The third-order valence-corrected chi connectivity index (χ3v) is 3.61. The standard InChI is InChI=1S/C11H19IO/c1-3-4-5-6-10(12)11-9(2)7-8-13-11/h6,9,11H,3-5,7-8H2,1-2H3/b10-6-/t9-,11-/m1/s1. The fourth-order valence-electron chi connectivity index (χ4n) is 1.61. The van der Waals surface area contributed by atoms with Gasteiger partial charge in [-0.05, 0) is 41.4 Å². The van der Waals surface area contributed by atoms with Crippen molar-refractivity contribution in [3.05, 3.63) is 9.66 Å². The van der Waals surface area contributed by atoms with Gasteiger partial charge < -0.3 is 4.74 Å². The van der Waals surface area contributed by atoms with Crippen LogP contribution in [0.2, 0.25) is 0 Å². The van der Waals surface area contributed by atoms with Crippen molar-refractivity contribution in [2.45, 2.75) is 45.6 Å². The minimum absolute atomic E-state index is 0.400. The Kier molecular flexibility index (Phi) is 5.32. The van der Waals surface area contributed by atoms with E-state index in [1.165, 1.54) is 29.3 Å². The molecule has 0 unspecified atom stereocenters. The van der Waals surface area contributed by atoms with Gasteiger partial charge in [-0.15, -0.1) is 0 Å². The highest BCUT2D eigenvalue weighted by Crippen LogP contribution is 2.30. The van der Waals surface area contributed by atoms with Crippen LogP contribution in [0.15, 0.2) is 9.66 Å². The fourth-order valence-corrected chi connectivity index (χ4v) is 2.71. The molecule has 2 atom stereocenters. The largest absolute Gasteiger partial charge is 0.373 e. The van der Waals surface area contributed by atoms with Crippen LogP contribution < -0.4 is 0 Å². The molecule has 1 nitrogen and oxygen atoms in total. The van der Waals surface area contributed by atoms with E-state index in [4.69, 9.17) is 4.74 Å². The zero-order valence-electron chi connectivity index (χ0n) is 8.55. The molecule has 1 aliphatic heterocycles. The predicted octanol–water partition coefficient (Wildman–Crippen LogP) is 3.92. The predicted molar refractivity (Wildman–Crippen MR) is 65.1 cm³/mol. The average molecular weight is 294 g/mol. The van der Waals surface area contributed by atoms with E-state index in [0.717, 1.165) is 6.61 Å². The molecule has 0 amide bonds. The Bertz CT molecular complexity index is 177. The van der Waals surface area contributed by atoms with Gasteiger partial charge in [0.15, 0.2) is 0 Å². The molecule has 0 radical (unpaired) electrons. The monoisotopic (exact) mass is 294 g/mol. The first-order valence-electron chi connectivity index (χ1n) is 5.22. The minimum atomic E-state index is 0.400.